The Kier molecular flexibility index (Phi) is 3.49. The van der Waals surface area contributed by atoms with Crippen LogP contribution in [0.4, 0.5) is 11.8 Å². The molecular weight excluding hydrogens is 330 g/mol. The Hall–Kier alpha value is -3.15. The molecule has 4 rings (SSSR count). The molecule has 3 heterocycles. The van der Waals surface area contributed by atoms with Gasteiger partial charge in [-0.15, -0.1) is 5.10 Å². The smallest absolute Gasteiger partial charge is 0.248 e. The van der Waals surface area contributed by atoms with Gasteiger partial charge in [-0.25, -0.2) is 19.3 Å². The van der Waals surface area contributed by atoms with Crippen molar-refractivity contribution in [1.29, 1.82) is 0 Å². The number of hydrogen-bond donors (Lipinski definition) is 1. The number of rotatable bonds is 4. The first-order valence-electron chi connectivity index (χ1n) is 6.87. The minimum atomic E-state index is 0.456. The molecule has 12 heteroatoms. The monoisotopic (exact) mass is 341 g/mol. The highest BCUT2D eigenvalue weighted by Gasteiger charge is 2.16. The predicted octanol–water partition coefficient (Wildman–Crippen LogP) is 0.572. The summed E-state index contributed by atoms with van der Waals surface area (Å²) in [6, 6.07) is 7.61. The van der Waals surface area contributed by atoms with Gasteiger partial charge in [0, 0.05) is 14.1 Å². The van der Waals surface area contributed by atoms with E-state index in [9.17, 15) is 0 Å². The van der Waals surface area contributed by atoms with Gasteiger partial charge in [-0.3, -0.25) is 0 Å². The molecule has 0 atom stereocenters. The van der Waals surface area contributed by atoms with Crippen LogP contribution >= 0.6 is 11.8 Å². The number of anilines is 2. The molecule has 11 nitrogen and oxygen atoms in total. The SMILES string of the molecule is Cn1nnnc1Nc1nc2ccccc2nc1Sc1nnnn1C. The van der Waals surface area contributed by atoms with Gasteiger partial charge >= 0.3 is 0 Å². The second-order valence-electron chi connectivity index (χ2n) is 4.80. The molecule has 1 aromatic carbocycles. The highest BCUT2D eigenvalue weighted by molar-refractivity contribution is 7.99. The van der Waals surface area contributed by atoms with Gasteiger partial charge in [0.25, 0.3) is 0 Å². The van der Waals surface area contributed by atoms with Gasteiger partial charge in [0.2, 0.25) is 11.1 Å². The van der Waals surface area contributed by atoms with Gasteiger partial charge in [-0.2, -0.15) is 0 Å². The lowest BCUT2D eigenvalue weighted by atomic mass is 10.3. The van der Waals surface area contributed by atoms with Crippen LogP contribution in [-0.4, -0.2) is 50.4 Å². The zero-order valence-electron chi connectivity index (χ0n) is 12.7. The zero-order valence-corrected chi connectivity index (χ0v) is 13.5. The van der Waals surface area contributed by atoms with Crippen LogP contribution in [0.3, 0.4) is 0 Å². The van der Waals surface area contributed by atoms with Gasteiger partial charge in [-0.05, 0) is 44.7 Å². The Bertz CT molecular complexity index is 926. The molecule has 120 valence electrons. The second kappa shape index (κ2) is 5.81. The summed E-state index contributed by atoms with van der Waals surface area (Å²) in [6.07, 6.45) is 0. The Morgan fingerprint density at radius 3 is 2.29 bits per heavy atom. The fourth-order valence-corrected chi connectivity index (χ4v) is 2.73. The molecule has 0 aliphatic rings. The molecule has 0 unspecified atom stereocenters. The summed E-state index contributed by atoms with van der Waals surface area (Å²) in [6.45, 7) is 0. The Balaban J connectivity index is 1.81. The lowest BCUT2D eigenvalue weighted by Gasteiger charge is -2.09. The van der Waals surface area contributed by atoms with Crippen molar-refractivity contribution in [3.8, 4) is 0 Å². The molecule has 0 saturated heterocycles. The summed E-state index contributed by atoms with van der Waals surface area (Å²) in [5.74, 6) is 0.983. The van der Waals surface area contributed by atoms with Crippen LogP contribution in [0.25, 0.3) is 11.0 Å². The molecule has 0 amide bonds. The van der Waals surface area contributed by atoms with Crippen molar-refractivity contribution >= 4 is 34.6 Å². The molecule has 1 N–H and O–H groups in total. The zero-order chi connectivity index (χ0) is 16.5. The fraction of sp³-hybridized carbons (Fsp3) is 0.167. The third-order valence-electron chi connectivity index (χ3n) is 3.16. The molecule has 0 saturated carbocycles. The number of tetrazole rings is 2. The van der Waals surface area contributed by atoms with E-state index in [1.54, 1.807) is 18.8 Å². The van der Waals surface area contributed by atoms with E-state index in [-0.39, 0.29) is 0 Å². The maximum atomic E-state index is 4.65. The van der Waals surface area contributed by atoms with Gasteiger partial charge in [0.1, 0.15) is 5.03 Å². The quantitative estimate of drug-likeness (QED) is 0.563. The summed E-state index contributed by atoms with van der Waals surface area (Å²) in [7, 11) is 3.49. The van der Waals surface area contributed by atoms with Gasteiger partial charge < -0.3 is 5.32 Å². The van der Waals surface area contributed by atoms with E-state index in [0.717, 1.165) is 11.0 Å². The van der Waals surface area contributed by atoms with Gasteiger partial charge in [-0.1, -0.05) is 17.2 Å². The fourth-order valence-electron chi connectivity index (χ4n) is 1.97. The van der Waals surface area contributed by atoms with Gasteiger partial charge in [0.05, 0.1) is 11.0 Å². The third-order valence-corrected chi connectivity index (χ3v) is 4.16. The molecule has 0 bridgehead atoms. The number of aryl methyl sites for hydroxylation is 2. The van der Waals surface area contributed by atoms with Crippen LogP contribution in [0.15, 0.2) is 34.4 Å². The van der Waals surface area contributed by atoms with Crippen molar-refractivity contribution in [2.75, 3.05) is 5.32 Å². The Labute approximate surface area is 139 Å². The maximum absolute atomic E-state index is 4.65. The molecule has 0 aliphatic carbocycles. The Morgan fingerprint density at radius 2 is 1.62 bits per heavy atom. The third kappa shape index (κ3) is 2.62. The summed E-state index contributed by atoms with van der Waals surface area (Å²) in [5, 5.41) is 27.1. The van der Waals surface area contributed by atoms with Gasteiger partial charge in [0.15, 0.2) is 5.82 Å². The molecule has 4 aromatic rings. The number of nitrogens with zero attached hydrogens (tertiary/aromatic N) is 10. The number of nitrogens with one attached hydrogen (secondary N) is 1. The van der Waals surface area contributed by atoms with E-state index < -0.39 is 0 Å². The first-order chi connectivity index (χ1) is 11.7. The van der Waals surface area contributed by atoms with E-state index >= 15 is 0 Å². The van der Waals surface area contributed by atoms with E-state index in [4.69, 9.17) is 0 Å². The Morgan fingerprint density at radius 1 is 0.917 bits per heavy atom. The van der Waals surface area contributed by atoms with Crippen LogP contribution < -0.4 is 5.32 Å². The van der Waals surface area contributed by atoms with Crippen molar-refractivity contribution in [2.24, 2.45) is 14.1 Å². The molecule has 0 spiro atoms. The molecule has 0 radical (unpaired) electrons. The highest BCUT2D eigenvalue weighted by Crippen LogP contribution is 2.31. The van der Waals surface area contributed by atoms with Crippen LogP contribution in [0.1, 0.15) is 0 Å². The maximum Gasteiger partial charge on any atom is 0.248 e. The molecule has 0 fully saturated rings. The minimum Gasteiger partial charge on any atom is -0.305 e. The second-order valence-corrected chi connectivity index (χ2v) is 5.76. The summed E-state index contributed by atoms with van der Waals surface area (Å²) < 4.78 is 3.07. The van der Waals surface area contributed by atoms with E-state index in [1.165, 1.54) is 16.4 Å². The lowest BCUT2D eigenvalue weighted by Crippen LogP contribution is -2.05. The minimum absolute atomic E-state index is 0.456. The number of benzene rings is 1. The molecule has 3 aromatic heterocycles. The van der Waals surface area contributed by atoms with E-state index in [1.807, 2.05) is 24.3 Å². The van der Waals surface area contributed by atoms with Crippen LogP contribution in [0.2, 0.25) is 0 Å². The van der Waals surface area contributed by atoms with Crippen molar-refractivity contribution in [2.45, 2.75) is 10.2 Å². The normalized spacial score (nSPS) is 11.1. The average Bonchev–Trinajstić information content (AvgIpc) is 3.17. The average molecular weight is 341 g/mol. The number of hydrogen-bond acceptors (Lipinski definition) is 10. The van der Waals surface area contributed by atoms with Crippen molar-refractivity contribution < 1.29 is 0 Å². The summed E-state index contributed by atoms with van der Waals surface area (Å²) in [4.78, 5) is 9.27. The largest absolute Gasteiger partial charge is 0.305 e. The van der Waals surface area contributed by atoms with Crippen LogP contribution in [-0.2, 0) is 14.1 Å². The topological polar surface area (TPSA) is 125 Å². The van der Waals surface area contributed by atoms with Crippen molar-refractivity contribution in [3.63, 3.8) is 0 Å². The van der Waals surface area contributed by atoms with Crippen molar-refractivity contribution in [1.82, 2.24) is 50.4 Å². The lowest BCUT2D eigenvalue weighted by molar-refractivity contribution is 0.664. The summed E-state index contributed by atoms with van der Waals surface area (Å²) >= 11 is 1.30. The first-order valence-corrected chi connectivity index (χ1v) is 7.69. The molecular formula is C12H11N11S. The number of para-hydroxylation sites is 2. The van der Waals surface area contributed by atoms with Crippen LogP contribution in [0.5, 0.6) is 0 Å². The van der Waals surface area contributed by atoms with E-state index in [2.05, 4.69) is 46.3 Å². The standard InChI is InChI=1S/C12H11N11S/c1-22-11(16-18-20-22)15-9-10(24-12-17-19-21-23(12)2)14-8-6-4-3-5-7(8)13-9/h3-6H,1-2H3,(H,13,15,16,20). The number of fused-ring (bicyclic) bond motifs is 1. The summed E-state index contributed by atoms with van der Waals surface area (Å²) in [5.41, 5.74) is 1.53. The highest BCUT2D eigenvalue weighted by atomic mass is 32.2. The van der Waals surface area contributed by atoms with Crippen LogP contribution in [0, 0.1) is 0 Å². The number of aromatic nitrogens is 10. The first kappa shape index (κ1) is 14.4. The molecule has 24 heavy (non-hydrogen) atoms. The van der Waals surface area contributed by atoms with Crippen molar-refractivity contribution in [3.05, 3.63) is 24.3 Å². The predicted molar refractivity (Wildman–Crippen MR) is 84.5 cm³/mol. The molecule has 0 aliphatic heterocycles. The van der Waals surface area contributed by atoms with E-state index in [0.29, 0.717) is 21.9 Å².